The summed E-state index contributed by atoms with van der Waals surface area (Å²) in [5, 5.41) is 0. The summed E-state index contributed by atoms with van der Waals surface area (Å²) in [6.07, 6.45) is 0.981. The number of carbonyl (C=O) groups is 1. The molecule has 1 aliphatic rings. The maximum absolute atomic E-state index is 12.7. The predicted molar refractivity (Wildman–Crippen MR) is 89.0 cm³/mol. The number of ether oxygens (including phenoxy) is 1. The van der Waals surface area contributed by atoms with E-state index in [9.17, 15) is 4.79 Å². The van der Waals surface area contributed by atoms with Gasteiger partial charge in [0, 0.05) is 18.5 Å². The fourth-order valence-corrected chi connectivity index (χ4v) is 3.00. The monoisotopic (exact) mass is 304 g/mol. The number of benzene rings is 1. The molecule has 1 fully saturated rings. The lowest BCUT2D eigenvalue weighted by Crippen LogP contribution is -2.51. The van der Waals surface area contributed by atoms with Crippen molar-refractivity contribution in [3.8, 4) is 5.75 Å². The molecule has 1 aliphatic heterocycles. The molecule has 0 aliphatic carbocycles. The summed E-state index contributed by atoms with van der Waals surface area (Å²) in [4.78, 5) is 14.6. The maximum Gasteiger partial charge on any atom is 0.240 e. The van der Waals surface area contributed by atoms with Gasteiger partial charge in [-0.3, -0.25) is 4.79 Å². The average molecular weight is 304 g/mol. The smallest absolute Gasteiger partial charge is 0.240 e. The van der Waals surface area contributed by atoms with Gasteiger partial charge in [0.25, 0.3) is 0 Å². The molecule has 0 bridgehead atoms. The summed E-state index contributed by atoms with van der Waals surface area (Å²) in [5.41, 5.74) is 7.19. The van der Waals surface area contributed by atoms with Crippen LogP contribution in [-0.4, -0.2) is 36.5 Å². The van der Waals surface area contributed by atoms with E-state index in [1.807, 2.05) is 37.8 Å². The summed E-state index contributed by atoms with van der Waals surface area (Å²) in [6.45, 7) is 8.89. The van der Waals surface area contributed by atoms with E-state index in [1.54, 1.807) is 7.11 Å². The first-order valence-electron chi connectivity index (χ1n) is 7.94. The number of hydrogen-bond acceptors (Lipinski definition) is 3. The molecule has 22 heavy (non-hydrogen) atoms. The van der Waals surface area contributed by atoms with E-state index >= 15 is 0 Å². The first-order chi connectivity index (χ1) is 10.2. The van der Waals surface area contributed by atoms with E-state index in [0.717, 1.165) is 18.7 Å². The van der Waals surface area contributed by atoms with Crippen molar-refractivity contribution in [2.45, 2.75) is 52.1 Å². The summed E-state index contributed by atoms with van der Waals surface area (Å²) >= 11 is 0. The van der Waals surface area contributed by atoms with Crippen molar-refractivity contribution in [3.63, 3.8) is 0 Å². The molecule has 2 N–H and O–H groups in total. The van der Waals surface area contributed by atoms with Gasteiger partial charge in [-0.05, 0) is 36.5 Å². The fraction of sp³-hybridized carbons (Fsp3) is 0.611. The van der Waals surface area contributed by atoms with Gasteiger partial charge in [0.05, 0.1) is 13.2 Å². The number of nitrogens with zero attached hydrogens (tertiary/aromatic N) is 1. The number of carbonyl (C=O) groups excluding carboxylic acids is 1. The van der Waals surface area contributed by atoms with Crippen molar-refractivity contribution < 1.29 is 9.53 Å². The lowest BCUT2D eigenvalue weighted by atomic mass is 9.86. The van der Waals surface area contributed by atoms with Crippen molar-refractivity contribution in [2.75, 3.05) is 13.7 Å². The minimum absolute atomic E-state index is 0.0658. The van der Waals surface area contributed by atoms with Crippen molar-refractivity contribution in [3.05, 3.63) is 29.8 Å². The lowest BCUT2D eigenvalue weighted by molar-refractivity contribution is -0.135. The van der Waals surface area contributed by atoms with Gasteiger partial charge >= 0.3 is 0 Å². The number of amides is 1. The molecule has 1 heterocycles. The molecular formula is C18H28N2O2. The molecule has 1 amide bonds. The Morgan fingerprint density at radius 1 is 1.32 bits per heavy atom. The molecular weight excluding hydrogens is 276 g/mol. The van der Waals surface area contributed by atoms with Crippen LogP contribution in [0.3, 0.4) is 0 Å². The molecule has 4 heteroatoms. The Hall–Kier alpha value is -1.55. The van der Waals surface area contributed by atoms with Crippen LogP contribution in [0.25, 0.3) is 0 Å². The standard InChI is InChI=1S/C18H28N2O2/c1-12-10-14(13-6-8-15(22-5)9-7-13)11-20(12)17(21)16(19)18(2,3)4/h6-9,12,14,16H,10-11,19H2,1-5H3/t12?,14?,16-/m1/s1. The SMILES string of the molecule is COc1ccc(C2CC(C)N(C(=O)[C@@H](N)C(C)(C)C)C2)cc1. The predicted octanol–water partition coefficient (Wildman–Crippen LogP) is 2.77. The fourth-order valence-electron chi connectivity index (χ4n) is 3.00. The van der Waals surface area contributed by atoms with Crippen LogP contribution >= 0.6 is 0 Å². The van der Waals surface area contributed by atoms with Crippen LogP contribution in [0.2, 0.25) is 0 Å². The highest BCUT2D eigenvalue weighted by Gasteiger charge is 2.38. The van der Waals surface area contributed by atoms with Crippen LogP contribution in [0, 0.1) is 5.41 Å². The first-order valence-corrected chi connectivity index (χ1v) is 7.94. The third-order valence-electron chi connectivity index (χ3n) is 4.64. The zero-order valence-corrected chi connectivity index (χ0v) is 14.3. The number of likely N-dealkylation sites (tertiary alicyclic amines) is 1. The van der Waals surface area contributed by atoms with E-state index in [2.05, 4.69) is 19.1 Å². The van der Waals surface area contributed by atoms with Gasteiger partial charge in [-0.2, -0.15) is 0 Å². The van der Waals surface area contributed by atoms with Gasteiger partial charge in [0.2, 0.25) is 5.91 Å². The highest BCUT2D eigenvalue weighted by atomic mass is 16.5. The Bertz CT molecular complexity index is 519. The average Bonchev–Trinajstić information content (AvgIpc) is 2.87. The molecule has 0 radical (unpaired) electrons. The highest BCUT2D eigenvalue weighted by Crippen LogP contribution is 2.33. The Kier molecular flexibility index (Phi) is 4.81. The molecule has 3 atom stereocenters. The number of nitrogens with two attached hydrogens (primary N) is 1. The van der Waals surface area contributed by atoms with Gasteiger partial charge in [0.15, 0.2) is 0 Å². The Morgan fingerprint density at radius 2 is 1.91 bits per heavy atom. The molecule has 4 nitrogen and oxygen atoms in total. The second-order valence-electron chi connectivity index (χ2n) is 7.39. The van der Waals surface area contributed by atoms with Crippen LogP contribution in [0.15, 0.2) is 24.3 Å². The summed E-state index contributed by atoms with van der Waals surface area (Å²) in [6, 6.07) is 7.91. The third kappa shape index (κ3) is 3.43. The van der Waals surface area contributed by atoms with Gasteiger partial charge in [-0.1, -0.05) is 32.9 Å². The minimum atomic E-state index is -0.454. The lowest BCUT2D eigenvalue weighted by Gasteiger charge is -2.32. The van der Waals surface area contributed by atoms with Crippen LogP contribution < -0.4 is 10.5 Å². The highest BCUT2D eigenvalue weighted by molar-refractivity contribution is 5.83. The van der Waals surface area contributed by atoms with Crippen LogP contribution in [0.5, 0.6) is 5.75 Å². The Balaban J connectivity index is 2.10. The number of methoxy groups -OCH3 is 1. The van der Waals surface area contributed by atoms with E-state index < -0.39 is 6.04 Å². The van der Waals surface area contributed by atoms with E-state index in [4.69, 9.17) is 10.5 Å². The minimum Gasteiger partial charge on any atom is -0.497 e. The molecule has 1 aromatic carbocycles. The third-order valence-corrected chi connectivity index (χ3v) is 4.64. The summed E-state index contributed by atoms with van der Waals surface area (Å²) in [5.74, 6) is 1.30. The molecule has 1 aromatic rings. The molecule has 0 aromatic heterocycles. The van der Waals surface area contributed by atoms with Crippen molar-refractivity contribution >= 4 is 5.91 Å². The Labute approximate surface area is 133 Å². The van der Waals surface area contributed by atoms with E-state index in [-0.39, 0.29) is 17.4 Å². The first kappa shape index (κ1) is 16.8. The largest absolute Gasteiger partial charge is 0.497 e. The van der Waals surface area contributed by atoms with E-state index in [1.165, 1.54) is 5.56 Å². The Morgan fingerprint density at radius 3 is 2.41 bits per heavy atom. The van der Waals surface area contributed by atoms with Gasteiger partial charge in [-0.25, -0.2) is 0 Å². The maximum atomic E-state index is 12.7. The molecule has 122 valence electrons. The molecule has 0 spiro atoms. The summed E-state index contributed by atoms with van der Waals surface area (Å²) in [7, 11) is 1.67. The number of rotatable bonds is 3. The second-order valence-corrected chi connectivity index (χ2v) is 7.39. The van der Waals surface area contributed by atoms with Crippen LogP contribution in [0.1, 0.15) is 45.6 Å². The second kappa shape index (κ2) is 6.29. The molecule has 1 saturated heterocycles. The van der Waals surface area contributed by atoms with Crippen LogP contribution in [0.4, 0.5) is 0 Å². The number of hydrogen-bond donors (Lipinski definition) is 1. The van der Waals surface area contributed by atoms with Gasteiger partial charge < -0.3 is 15.4 Å². The van der Waals surface area contributed by atoms with Crippen molar-refractivity contribution in [2.24, 2.45) is 11.1 Å². The topological polar surface area (TPSA) is 55.6 Å². The summed E-state index contributed by atoms with van der Waals surface area (Å²) < 4.78 is 5.20. The van der Waals surface area contributed by atoms with Gasteiger partial charge in [-0.15, -0.1) is 0 Å². The van der Waals surface area contributed by atoms with Crippen molar-refractivity contribution in [1.29, 1.82) is 0 Å². The zero-order valence-electron chi connectivity index (χ0n) is 14.3. The van der Waals surface area contributed by atoms with Crippen molar-refractivity contribution in [1.82, 2.24) is 4.90 Å². The molecule has 2 rings (SSSR count). The zero-order chi connectivity index (χ0) is 16.5. The van der Waals surface area contributed by atoms with Crippen LogP contribution in [-0.2, 0) is 4.79 Å². The van der Waals surface area contributed by atoms with E-state index in [0.29, 0.717) is 5.92 Å². The molecule has 2 unspecified atom stereocenters. The van der Waals surface area contributed by atoms with Gasteiger partial charge in [0.1, 0.15) is 5.75 Å². The molecule has 0 saturated carbocycles. The quantitative estimate of drug-likeness (QED) is 0.934. The normalized spacial score (nSPS) is 23.5.